The van der Waals surface area contributed by atoms with Crippen LogP contribution in [0.15, 0.2) is 69.6 Å². The quantitative estimate of drug-likeness (QED) is 0.376. The lowest BCUT2D eigenvalue weighted by atomic mass is 10.2. The Morgan fingerprint density at radius 1 is 1.03 bits per heavy atom. The Balaban J connectivity index is 1.66. The SMILES string of the molecule is COc1cccc(NC(=O)C(O)Cn2c3ccc(Br)cc3c3cc(Br)ccc32)c1. The molecule has 0 spiro atoms. The monoisotopic (exact) mass is 516 g/mol. The van der Waals surface area contributed by atoms with Gasteiger partial charge in [-0.15, -0.1) is 0 Å². The molecule has 0 saturated carbocycles. The minimum atomic E-state index is -1.22. The number of nitrogens with one attached hydrogen (secondary N) is 1. The first-order chi connectivity index (χ1) is 14.0. The van der Waals surface area contributed by atoms with Crippen molar-refractivity contribution in [2.24, 2.45) is 0 Å². The molecule has 0 aliphatic heterocycles. The molecule has 3 aromatic carbocycles. The van der Waals surface area contributed by atoms with E-state index in [-0.39, 0.29) is 6.54 Å². The van der Waals surface area contributed by atoms with Crippen LogP contribution in [0.5, 0.6) is 5.75 Å². The molecule has 0 saturated heterocycles. The molecular formula is C22H18Br2N2O3. The van der Waals surface area contributed by atoms with E-state index in [1.807, 2.05) is 41.0 Å². The number of hydrogen-bond donors (Lipinski definition) is 2. The Morgan fingerprint density at radius 2 is 1.66 bits per heavy atom. The summed E-state index contributed by atoms with van der Waals surface area (Å²) >= 11 is 7.05. The van der Waals surface area contributed by atoms with Crippen LogP contribution in [-0.2, 0) is 11.3 Å². The number of fused-ring (bicyclic) bond motifs is 3. The van der Waals surface area contributed by atoms with Gasteiger partial charge in [-0.2, -0.15) is 0 Å². The topological polar surface area (TPSA) is 63.5 Å². The molecule has 1 heterocycles. The Morgan fingerprint density at radius 3 is 2.24 bits per heavy atom. The molecule has 2 N–H and O–H groups in total. The van der Waals surface area contributed by atoms with E-state index in [0.717, 1.165) is 30.8 Å². The number of hydrogen-bond acceptors (Lipinski definition) is 3. The maximum absolute atomic E-state index is 12.6. The Labute approximate surface area is 184 Å². The van der Waals surface area contributed by atoms with Gasteiger partial charge in [0.1, 0.15) is 5.75 Å². The highest BCUT2D eigenvalue weighted by molar-refractivity contribution is 9.10. The van der Waals surface area contributed by atoms with E-state index in [1.165, 1.54) is 0 Å². The fraction of sp³-hybridized carbons (Fsp3) is 0.136. The zero-order chi connectivity index (χ0) is 20.5. The summed E-state index contributed by atoms with van der Waals surface area (Å²) in [6.07, 6.45) is -1.22. The van der Waals surface area contributed by atoms with E-state index in [4.69, 9.17) is 4.74 Å². The van der Waals surface area contributed by atoms with E-state index in [0.29, 0.717) is 11.4 Å². The van der Waals surface area contributed by atoms with Crippen LogP contribution in [-0.4, -0.2) is 28.8 Å². The van der Waals surface area contributed by atoms with Crippen molar-refractivity contribution in [2.75, 3.05) is 12.4 Å². The molecule has 0 bridgehead atoms. The number of nitrogens with zero attached hydrogens (tertiary/aromatic N) is 1. The third kappa shape index (κ3) is 4.03. The maximum Gasteiger partial charge on any atom is 0.255 e. The number of carbonyl (C=O) groups is 1. The van der Waals surface area contributed by atoms with E-state index >= 15 is 0 Å². The third-order valence-corrected chi connectivity index (χ3v) is 5.77. The van der Waals surface area contributed by atoms with Crippen molar-refractivity contribution in [3.05, 3.63) is 69.6 Å². The molecule has 148 valence electrons. The first-order valence-corrected chi connectivity index (χ1v) is 10.5. The van der Waals surface area contributed by atoms with Gasteiger partial charge in [0.25, 0.3) is 5.91 Å². The molecule has 1 atom stereocenters. The van der Waals surface area contributed by atoms with Gasteiger partial charge in [0, 0.05) is 42.5 Å². The predicted octanol–water partition coefficient (Wildman–Crippen LogP) is 5.33. The average molecular weight is 518 g/mol. The number of halogens is 2. The minimum absolute atomic E-state index is 0.138. The molecule has 7 heteroatoms. The number of aromatic nitrogens is 1. The van der Waals surface area contributed by atoms with Crippen LogP contribution in [0.25, 0.3) is 21.8 Å². The second-order valence-corrected chi connectivity index (χ2v) is 8.50. The summed E-state index contributed by atoms with van der Waals surface area (Å²) in [6.45, 7) is 0.138. The largest absolute Gasteiger partial charge is 0.497 e. The molecule has 4 aromatic rings. The number of anilines is 1. The molecule has 29 heavy (non-hydrogen) atoms. The zero-order valence-corrected chi connectivity index (χ0v) is 18.7. The third-order valence-electron chi connectivity index (χ3n) is 4.78. The zero-order valence-electron chi connectivity index (χ0n) is 15.5. The lowest BCUT2D eigenvalue weighted by Gasteiger charge is -2.15. The highest BCUT2D eigenvalue weighted by Gasteiger charge is 2.20. The second-order valence-electron chi connectivity index (χ2n) is 6.67. The second kappa shape index (κ2) is 8.18. The van der Waals surface area contributed by atoms with Crippen molar-refractivity contribution < 1.29 is 14.6 Å². The van der Waals surface area contributed by atoms with Crippen molar-refractivity contribution in [1.82, 2.24) is 4.57 Å². The molecule has 5 nitrogen and oxygen atoms in total. The van der Waals surface area contributed by atoms with E-state index in [1.54, 1.807) is 31.4 Å². The van der Waals surface area contributed by atoms with E-state index in [9.17, 15) is 9.90 Å². The molecule has 0 radical (unpaired) electrons. The summed E-state index contributed by atoms with van der Waals surface area (Å²) in [7, 11) is 1.56. The van der Waals surface area contributed by atoms with Crippen LogP contribution in [0, 0.1) is 0 Å². The summed E-state index contributed by atoms with van der Waals surface area (Å²) in [6, 6.07) is 19.0. The van der Waals surface area contributed by atoms with Crippen LogP contribution < -0.4 is 10.1 Å². The smallest absolute Gasteiger partial charge is 0.255 e. The maximum atomic E-state index is 12.6. The highest BCUT2D eigenvalue weighted by atomic mass is 79.9. The standard InChI is InChI=1S/C22H18Br2N2O3/c1-29-16-4-2-3-15(11-16)25-22(28)21(27)12-26-19-7-5-13(23)9-17(19)18-10-14(24)6-8-20(18)26/h2-11,21,27H,12H2,1H3,(H,25,28). The van der Waals surface area contributed by atoms with E-state index in [2.05, 4.69) is 37.2 Å². The van der Waals surface area contributed by atoms with Gasteiger partial charge in [-0.05, 0) is 48.5 Å². The summed E-state index contributed by atoms with van der Waals surface area (Å²) in [5.74, 6) is 0.165. The van der Waals surface area contributed by atoms with Crippen molar-refractivity contribution in [3.8, 4) is 5.75 Å². The molecule has 1 amide bonds. The molecule has 0 aliphatic carbocycles. The predicted molar refractivity (Wildman–Crippen MR) is 122 cm³/mol. The molecule has 1 aromatic heterocycles. The highest BCUT2D eigenvalue weighted by Crippen LogP contribution is 2.33. The first-order valence-electron chi connectivity index (χ1n) is 8.96. The minimum Gasteiger partial charge on any atom is -0.497 e. The molecule has 0 aliphatic rings. The fourth-order valence-corrected chi connectivity index (χ4v) is 4.15. The fourth-order valence-electron chi connectivity index (χ4n) is 3.43. The number of carbonyl (C=O) groups excluding carboxylic acids is 1. The van der Waals surface area contributed by atoms with Crippen LogP contribution >= 0.6 is 31.9 Å². The average Bonchev–Trinajstić information content (AvgIpc) is 3.00. The van der Waals surface area contributed by atoms with Crippen molar-refractivity contribution in [2.45, 2.75) is 12.6 Å². The van der Waals surface area contributed by atoms with Crippen molar-refractivity contribution >= 4 is 65.3 Å². The summed E-state index contributed by atoms with van der Waals surface area (Å²) in [5.41, 5.74) is 2.48. The normalized spacial score (nSPS) is 12.3. The first kappa shape index (κ1) is 19.9. The summed E-state index contributed by atoms with van der Waals surface area (Å²) < 4.78 is 9.09. The van der Waals surface area contributed by atoms with Crippen LogP contribution in [0.4, 0.5) is 5.69 Å². The Kier molecular flexibility index (Phi) is 5.63. The van der Waals surface area contributed by atoms with Gasteiger partial charge in [-0.1, -0.05) is 37.9 Å². The summed E-state index contributed by atoms with van der Waals surface area (Å²) in [4.78, 5) is 12.6. The number of ether oxygens (including phenoxy) is 1. The van der Waals surface area contributed by atoms with Gasteiger partial charge in [0.2, 0.25) is 0 Å². The molecule has 0 fully saturated rings. The van der Waals surface area contributed by atoms with Gasteiger partial charge in [0.15, 0.2) is 6.10 Å². The molecule has 1 unspecified atom stereocenters. The van der Waals surface area contributed by atoms with Gasteiger partial charge >= 0.3 is 0 Å². The lowest BCUT2D eigenvalue weighted by Crippen LogP contribution is -2.31. The number of aliphatic hydroxyl groups excluding tert-OH is 1. The lowest BCUT2D eigenvalue weighted by molar-refractivity contribution is -0.124. The van der Waals surface area contributed by atoms with Crippen molar-refractivity contribution in [1.29, 1.82) is 0 Å². The van der Waals surface area contributed by atoms with Crippen molar-refractivity contribution in [3.63, 3.8) is 0 Å². The Hall–Kier alpha value is -2.35. The number of rotatable bonds is 5. The molecule has 4 rings (SSSR count). The van der Waals surface area contributed by atoms with Crippen LogP contribution in [0.1, 0.15) is 0 Å². The van der Waals surface area contributed by atoms with Gasteiger partial charge in [-0.3, -0.25) is 4.79 Å². The van der Waals surface area contributed by atoms with E-state index < -0.39 is 12.0 Å². The number of amides is 1. The molecular weight excluding hydrogens is 500 g/mol. The summed E-state index contributed by atoms with van der Waals surface area (Å²) in [5, 5.41) is 15.5. The number of aliphatic hydroxyl groups is 1. The van der Waals surface area contributed by atoms with Gasteiger partial charge < -0.3 is 19.7 Å². The van der Waals surface area contributed by atoms with Crippen LogP contribution in [0.3, 0.4) is 0 Å². The van der Waals surface area contributed by atoms with Gasteiger partial charge in [0.05, 0.1) is 13.7 Å². The van der Waals surface area contributed by atoms with Crippen LogP contribution in [0.2, 0.25) is 0 Å². The Bertz CT molecular complexity index is 1160. The van der Waals surface area contributed by atoms with Gasteiger partial charge in [-0.25, -0.2) is 0 Å². The number of benzene rings is 3. The number of methoxy groups -OCH3 is 1.